The van der Waals surface area contributed by atoms with Crippen LogP contribution in [0.3, 0.4) is 0 Å². The van der Waals surface area contributed by atoms with Gasteiger partial charge in [-0.15, -0.1) is 0 Å². The zero-order valence-corrected chi connectivity index (χ0v) is 30.4. The standard InChI is InChI=1S/C41H45FN10O3/c42-32-9-2-5-16-41(32,49-31-10-11-34(53)48-38(31)55)36-29(24-46-36)22-30-25-44-19-20-52(30)33-13-18-45-37(47-33)28-8-6-7-27(21-28)23-40(17-12-35(54)50-51-40)39(26-43)14-3-1-4-15-39/h1-9,12-14,16-18,21,29-32,36,44,46,49,51H,10-11,15,19-20,22-25H2,(H,50,54)(H,48,53,55). The van der Waals surface area contributed by atoms with E-state index in [2.05, 4.69) is 48.1 Å². The number of nitrogens with zero attached hydrogens (tertiary/aromatic N) is 4. The Bertz CT molecular complexity index is 2040. The van der Waals surface area contributed by atoms with Crippen molar-refractivity contribution in [2.75, 3.05) is 31.1 Å². The number of nitriles is 1. The van der Waals surface area contributed by atoms with Crippen LogP contribution in [0.25, 0.3) is 11.4 Å². The smallest absolute Gasteiger partial charge is 0.257 e. The molecule has 0 saturated carbocycles. The van der Waals surface area contributed by atoms with Crippen LogP contribution < -0.4 is 37.0 Å². The van der Waals surface area contributed by atoms with Gasteiger partial charge in [-0.1, -0.05) is 66.8 Å². The van der Waals surface area contributed by atoms with Crippen LogP contribution in [0, 0.1) is 22.7 Å². The number of rotatable bonds is 10. The Balaban J connectivity index is 1.02. The molecule has 4 aliphatic heterocycles. The number of alkyl halides is 1. The van der Waals surface area contributed by atoms with Crippen LogP contribution >= 0.6 is 0 Å². The number of carbonyl (C=O) groups excluding carboxylic acids is 3. The summed E-state index contributed by atoms with van der Waals surface area (Å²) in [5.74, 6) is 0.448. The van der Waals surface area contributed by atoms with Gasteiger partial charge >= 0.3 is 0 Å². The molecule has 2 aromatic rings. The van der Waals surface area contributed by atoms with Crippen LogP contribution in [-0.4, -0.2) is 89.2 Å². The molecule has 14 heteroatoms. The van der Waals surface area contributed by atoms with Crippen molar-refractivity contribution < 1.29 is 18.8 Å². The highest BCUT2D eigenvalue weighted by molar-refractivity contribution is 6.00. The Labute approximate surface area is 319 Å². The maximum atomic E-state index is 16.0. The van der Waals surface area contributed by atoms with Crippen molar-refractivity contribution in [2.24, 2.45) is 11.3 Å². The lowest BCUT2D eigenvalue weighted by molar-refractivity contribution is -0.135. The minimum absolute atomic E-state index is 0.0604. The van der Waals surface area contributed by atoms with E-state index in [1.165, 1.54) is 12.2 Å². The summed E-state index contributed by atoms with van der Waals surface area (Å²) in [6.07, 6.45) is 20.4. The minimum atomic E-state index is -1.37. The first kappa shape index (κ1) is 36.6. The van der Waals surface area contributed by atoms with Gasteiger partial charge in [0, 0.05) is 56.0 Å². The maximum Gasteiger partial charge on any atom is 0.257 e. The highest BCUT2D eigenvalue weighted by Gasteiger charge is 2.54. The third-order valence-electron chi connectivity index (χ3n) is 12.0. The highest BCUT2D eigenvalue weighted by Crippen LogP contribution is 2.43. The summed E-state index contributed by atoms with van der Waals surface area (Å²) in [5.41, 5.74) is 4.70. The van der Waals surface area contributed by atoms with Crippen LogP contribution in [0.4, 0.5) is 10.2 Å². The van der Waals surface area contributed by atoms with E-state index in [4.69, 9.17) is 4.98 Å². The zero-order valence-electron chi connectivity index (χ0n) is 30.4. The molecule has 6 N–H and O–H groups in total. The topological polar surface area (TPSA) is 176 Å². The predicted molar refractivity (Wildman–Crippen MR) is 204 cm³/mol. The number of halogens is 1. The summed E-state index contributed by atoms with van der Waals surface area (Å²) in [5, 5.41) is 23.2. The van der Waals surface area contributed by atoms with Gasteiger partial charge in [0.25, 0.3) is 5.91 Å². The van der Waals surface area contributed by atoms with E-state index < -0.39 is 34.6 Å². The molecular formula is C41H45FN10O3. The summed E-state index contributed by atoms with van der Waals surface area (Å²) in [4.78, 5) is 48.8. The summed E-state index contributed by atoms with van der Waals surface area (Å²) >= 11 is 0. The largest absolute Gasteiger partial charge is 0.351 e. The van der Waals surface area contributed by atoms with Crippen molar-refractivity contribution in [1.82, 2.24) is 42.1 Å². The Morgan fingerprint density at radius 2 is 1.96 bits per heavy atom. The maximum absolute atomic E-state index is 16.0. The first-order valence-electron chi connectivity index (χ1n) is 19.0. The molecule has 1 aromatic heterocycles. The Morgan fingerprint density at radius 1 is 1.07 bits per heavy atom. The number of hydrazine groups is 1. The molecular weight excluding hydrogens is 700 g/mol. The molecule has 3 saturated heterocycles. The average molecular weight is 745 g/mol. The second-order valence-corrected chi connectivity index (χ2v) is 15.3. The van der Waals surface area contributed by atoms with Crippen LogP contribution in [-0.2, 0) is 20.8 Å². The summed E-state index contributed by atoms with van der Waals surface area (Å²) in [6, 6.07) is 11.5. The molecule has 0 spiro atoms. The van der Waals surface area contributed by atoms with Gasteiger partial charge in [0.2, 0.25) is 11.8 Å². The molecule has 3 fully saturated rings. The summed E-state index contributed by atoms with van der Waals surface area (Å²) < 4.78 is 16.0. The number of anilines is 1. The third-order valence-corrected chi connectivity index (χ3v) is 12.0. The van der Waals surface area contributed by atoms with Crippen molar-refractivity contribution in [3.8, 4) is 17.5 Å². The fourth-order valence-corrected chi connectivity index (χ4v) is 8.98. The fourth-order valence-electron chi connectivity index (χ4n) is 8.98. The van der Waals surface area contributed by atoms with Gasteiger partial charge in [-0.3, -0.25) is 30.4 Å². The molecule has 284 valence electrons. The fraction of sp³-hybridized carbons (Fsp3) is 0.415. The summed E-state index contributed by atoms with van der Waals surface area (Å²) in [6.45, 7) is 2.94. The highest BCUT2D eigenvalue weighted by atomic mass is 19.1. The second kappa shape index (κ2) is 15.1. The average Bonchev–Trinajstić information content (AvgIpc) is 3.20. The molecule has 13 nitrogen and oxygen atoms in total. The van der Waals surface area contributed by atoms with Gasteiger partial charge < -0.3 is 15.5 Å². The molecule has 6 aliphatic rings. The number of imide groups is 1. The number of allylic oxidation sites excluding steroid dienone is 5. The van der Waals surface area contributed by atoms with E-state index in [0.29, 0.717) is 31.6 Å². The van der Waals surface area contributed by atoms with Crippen LogP contribution in [0.2, 0.25) is 0 Å². The van der Waals surface area contributed by atoms with E-state index in [1.54, 1.807) is 18.3 Å². The number of hydrogen-bond donors (Lipinski definition) is 6. The molecule has 1 aromatic carbocycles. The molecule has 0 radical (unpaired) electrons. The lowest BCUT2D eigenvalue weighted by Crippen LogP contribution is -2.76. The molecule has 3 amide bonds. The van der Waals surface area contributed by atoms with Crippen LogP contribution in [0.5, 0.6) is 0 Å². The monoisotopic (exact) mass is 744 g/mol. The normalized spacial score (nSPS) is 34.1. The molecule has 5 heterocycles. The minimum Gasteiger partial charge on any atom is -0.351 e. The van der Waals surface area contributed by atoms with Crippen molar-refractivity contribution in [1.29, 1.82) is 5.26 Å². The van der Waals surface area contributed by atoms with Gasteiger partial charge in [-0.25, -0.2) is 19.8 Å². The van der Waals surface area contributed by atoms with E-state index in [-0.39, 0.29) is 36.2 Å². The number of benzene rings is 1. The van der Waals surface area contributed by atoms with E-state index in [1.807, 2.05) is 66.8 Å². The molecule has 8 atom stereocenters. The Hall–Kier alpha value is -5.33. The summed E-state index contributed by atoms with van der Waals surface area (Å²) in [7, 11) is 0. The predicted octanol–water partition coefficient (Wildman–Crippen LogP) is 2.00. The molecule has 2 aliphatic carbocycles. The molecule has 0 bridgehead atoms. The molecule has 55 heavy (non-hydrogen) atoms. The Morgan fingerprint density at radius 3 is 2.71 bits per heavy atom. The van der Waals surface area contributed by atoms with E-state index in [9.17, 15) is 19.6 Å². The lowest BCUT2D eigenvalue weighted by Gasteiger charge is -2.54. The van der Waals surface area contributed by atoms with Crippen LogP contribution in [0.15, 0.2) is 97.3 Å². The first-order chi connectivity index (χ1) is 26.7. The molecule has 8 rings (SSSR count). The second-order valence-electron chi connectivity index (χ2n) is 15.3. The van der Waals surface area contributed by atoms with Crippen LogP contribution in [0.1, 0.15) is 31.2 Å². The van der Waals surface area contributed by atoms with Gasteiger partial charge in [-0.05, 0) is 61.9 Å². The molecule has 8 unspecified atom stereocenters. The van der Waals surface area contributed by atoms with Crippen molar-refractivity contribution in [3.05, 3.63) is 103 Å². The van der Waals surface area contributed by atoms with Crippen molar-refractivity contribution in [2.45, 2.75) is 67.5 Å². The SMILES string of the molecule is N#CC1(C2(Cc3cccc(-c4nccc(N5CCNCC5CC5CNC5C5(NC6CCC(=O)NC6=O)C=CC=CC5F)n4)c3)C=CC(=O)NN2)C=CC=CC1. The number of carbonyl (C=O) groups is 3. The first-order valence-corrected chi connectivity index (χ1v) is 19.0. The van der Waals surface area contributed by atoms with Gasteiger partial charge in [0.1, 0.15) is 17.4 Å². The zero-order chi connectivity index (χ0) is 38.0. The number of nitrogens with one attached hydrogen (secondary N) is 6. The number of aromatic nitrogens is 2. The lowest BCUT2D eigenvalue weighted by atomic mass is 9.64. The van der Waals surface area contributed by atoms with Crippen molar-refractivity contribution in [3.63, 3.8) is 0 Å². The van der Waals surface area contributed by atoms with Crippen molar-refractivity contribution >= 4 is 23.5 Å². The Kier molecular flexibility index (Phi) is 10.0. The van der Waals surface area contributed by atoms with Gasteiger partial charge in [0.15, 0.2) is 5.82 Å². The van der Waals surface area contributed by atoms with E-state index in [0.717, 1.165) is 43.0 Å². The third kappa shape index (κ3) is 6.93. The number of amides is 3. The quantitative estimate of drug-likeness (QED) is 0.196. The number of piperazine rings is 1. The van der Waals surface area contributed by atoms with E-state index >= 15 is 4.39 Å². The number of piperidine rings is 1. The van der Waals surface area contributed by atoms with Gasteiger partial charge in [0.05, 0.1) is 23.2 Å². The number of hydrogen-bond acceptors (Lipinski definition) is 11. The van der Waals surface area contributed by atoms with Gasteiger partial charge in [-0.2, -0.15) is 5.26 Å².